The quantitative estimate of drug-likeness (QED) is 0.550. The van der Waals surface area contributed by atoms with Gasteiger partial charge in [-0.1, -0.05) is 12.1 Å². The van der Waals surface area contributed by atoms with E-state index < -0.39 is 0 Å². The Morgan fingerprint density at radius 3 is 2.73 bits per heavy atom. The van der Waals surface area contributed by atoms with Crippen LogP contribution in [0.15, 0.2) is 24.3 Å². The molecule has 0 bridgehead atoms. The molecule has 0 N–H and O–H groups in total. The van der Waals surface area contributed by atoms with Crippen molar-refractivity contribution >= 4 is 5.69 Å². The van der Waals surface area contributed by atoms with Gasteiger partial charge in [-0.2, -0.15) is 0 Å². The van der Waals surface area contributed by atoms with Gasteiger partial charge in [0.1, 0.15) is 0 Å². The number of nitrogens with zero attached hydrogens (tertiary/aromatic N) is 2. The van der Waals surface area contributed by atoms with Gasteiger partial charge < -0.3 is 4.90 Å². The monoisotopic (exact) mass is 208 g/mol. The molecule has 0 saturated heterocycles. The number of nitro groups is 1. The Labute approximate surface area is 89.7 Å². The van der Waals surface area contributed by atoms with Gasteiger partial charge >= 0.3 is 0 Å². The Bertz CT molecular complexity index is 337. The zero-order chi connectivity index (χ0) is 11.3. The van der Waals surface area contributed by atoms with Crippen LogP contribution in [0, 0.1) is 10.1 Å². The average molecular weight is 208 g/mol. The van der Waals surface area contributed by atoms with Gasteiger partial charge in [0.15, 0.2) is 0 Å². The van der Waals surface area contributed by atoms with Crippen LogP contribution in [0.1, 0.15) is 12.0 Å². The van der Waals surface area contributed by atoms with E-state index in [0.29, 0.717) is 0 Å². The van der Waals surface area contributed by atoms with Crippen molar-refractivity contribution in [1.82, 2.24) is 4.90 Å². The highest BCUT2D eigenvalue weighted by atomic mass is 16.6. The number of aryl methyl sites for hydroxylation is 1. The van der Waals surface area contributed by atoms with E-state index in [1.54, 1.807) is 12.1 Å². The van der Waals surface area contributed by atoms with Gasteiger partial charge in [-0.3, -0.25) is 10.1 Å². The normalized spacial score (nSPS) is 10.6. The standard InChI is InChI=1S/C11H16N2O2/c1-12(2)8-4-6-10-5-3-7-11(9-10)13(14)15/h3,5,7,9H,4,6,8H2,1-2H3. The molecule has 0 saturated carbocycles. The lowest BCUT2D eigenvalue weighted by Crippen LogP contribution is -2.13. The molecule has 0 unspecified atom stereocenters. The van der Waals surface area contributed by atoms with Gasteiger partial charge in [0.05, 0.1) is 4.92 Å². The first-order valence-electron chi connectivity index (χ1n) is 4.97. The molecule has 0 atom stereocenters. The smallest absolute Gasteiger partial charge is 0.269 e. The van der Waals surface area contributed by atoms with Gasteiger partial charge in [-0.15, -0.1) is 0 Å². The third-order valence-corrected chi connectivity index (χ3v) is 2.19. The van der Waals surface area contributed by atoms with Crippen LogP contribution < -0.4 is 0 Å². The number of hydrogen-bond donors (Lipinski definition) is 0. The topological polar surface area (TPSA) is 46.4 Å². The zero-order valence-electron chi connectivity index (χ0n) is 9.14. The Morgan fingerprint density at radius 2 is 2.13 bits per heavy atom. The molecule has 0 spiro atoms. The van der Waals surface area contributed by atoms with Crippen LogP contribution in [0.3, 0.4) is 0 Å². The van der Waals surface area contributed by atoms with Gasteiger partial charge in [-0.25, -0.2) is 0 Å². The van der Waals surface area contributed by atoms with E-state index in [1.165, 1.54) is 6.07 Å². The van der Waals surface area contributed by atoms with Crippen LogP contribution in [0.25, 0.3) is 0 Å². The maximum atomic E-state index is 10.5. The summed E-state index contributed by atoms with van der Waals surface area (Å²) in [4.78, 5) is 12.3. The Balaban J connectivity index is 2.54. The SMILES string of the molecule is CN(C)CCCc1cccc([N+](=O)[O-])c1. The lowest BCUT2D eigenvalue weighted by molar-refractivity contribution is -0.384. The summed E-state index contributed by atoms with van der Waals surface area (Å²) in [7, 11) is 4.04. The number of rotatable bonds is 5. The van der Waals surface area contributed by atoms with Gasteiger partial charge in [0.2, 0.25) is 0 Å². The summed E-state index contributed by atoms with van der Waals surface area (Å²) in [5, 5.41) is 10.5. The molecule has 0 aromatic heterocycles. The number of benzene rings is 1. The molecule has 1 aromatic carbocycles. The summed E-state index contributed by atoms with van der Waals surface area (Å²) in [6.07, 6.45) is 1.91. The molecule has 0 aliphatic carbocycles. The summed E-state index contributed by atoms with van der Waals surface area (Å²) in [6.45, 7) is 1.00. The second-order valence-corrected chi connectivity index (χ2v) is 3.83. The predicted molar refractivity (Wildman–Crippen MR) is 60.0 cm³/mol. The molecule has 15 heavy (non-hydrogen) atoms. The van der Waals surface area contributed by atoms with E-state index in [4.69, 9.17) is 0 Å². The van der Waals surface area contributed by atoms with Crippen LogP contribution in [-0.4, -0.2) is 30.5 Å². The molecular formula is C11H16N2O2. The van der Waals surface area contributed by atoms with E-state index in [2.05, 4.69) is 4.90 Å². The molecule has 4 nitrogen and oxygen atoms in total. The largest absolute Gasteiger partial charge is 0.309 e. The van der Waals surface area contributed by atoms with E-state index >= 15 is 0 Å². The molecule has 0 aliphatic rings. The third kappa shape index (κ3) is 4.08. The molecule has 4 heteroatoms. The highest BCUT2D eigenvalue weighted by Gasteiger charge is 2.05. The van der Waals surface area contributed by atoms with Crippen LogP contribution >= 0.6 is 0 Å². The molecule has 82 valence electrons. The predicted octanol–water partition coefficient (Wildman–Crippen LogP) is 2.09. The van der Waals surface area contributed by atoms with E-state index in [9.17, 15) is 10.1 Å². The zero-order valence-corrected chi connectivity index (χ0v) is 9.14. The molecule has 0 aliphatic heterocycles. The van der Waals surface area contributed by atoms with Crippen LogP contribution in [0.2, 0.25) is 0 Å². The summed E-state index contributed by atoms with van der Waals surface area (Å²) >= 11 is 0. The van der Waals surface area contributed by atoms with Crippen molar-refractivity contribution < 1.29 is 4.92 Å². The van der Waals surface area contributed by atoms with Crippen molar-refractivity contribution in [2.24, 2.45) is 0 Å². The van der Waals surface area contributed by atoms with E-state index in [0.717, 1.165) is 24.9 Å². The Morgan fingerprint density at radius 1 is 1.40 bits per heavy atom. The third-order valence-electron chi connectivity index (χ3n) is 2.19. The van der Waals surface area contributed by atoms with Gasteiger partial charge in [0.25, 0.3) is 5.69 Å². The number of non-ortho nitro benzene ring substituents is 1. The molecule has 0 heterocycles. The van der Waals surface area contributed by atoms with Crippen LogP contribution in [0.4, 0.5) is 5.69 Å². The van der Waals surface area contributed by atoms with E-state index in [1.807, 2.05) is 20.2 Å². The highest BCUT2D eigenvalue weighted by Crippen LogP contribution is 2.14. The number of hydrogen-bond acceptors (Lipinski definition) is 3. The first-order valence-corrected chi connectivity index (χ1v) is 4.97. The molecular weight excluding hydrogens is 192 g/mol. The van der Waals surface area contributed by atoms with Crippen molar-refractivity contribution in [1.29, 1.82) is 0 Å². The lowest BCUT2D eigenvalue weighted by Gasteiger charge is -2.08. The molecule has 1 rings (SSSR count). The fourth-order valence-corrected chi connectivity index (χ4v) is 1.42. The van der Waals surface area contributed by atoms with Crippen molar-refractivity contribution in [3.05, 3.63) is 39.9 Å². The maximum Gasteiger partial charge on any atom is 0.269 e. The van der Waals surface area contributed by atoms with Crippen molar-refractivity contribution in [3.63, 3.8) is 0 Å². The van der Waals surface area contributed by atoms with Crippen LogP contribution in [0.5, 0.6) is 0 Å². The maximum absolute atomic E-state index is 10.5. The lowest BCUT2D eigenvalue weighted by atomic mass is 10.1. The average Bonchev–Trinajstić information content (AvgIpc) is 2.17. The fourth-order valence-electron chi connectivity index (χ4n) is 1.42. The van der Waals surface area contributed by atoms with Gasteiger partial charge in [-0.05, 0) is 39.0 Å². The molecule has 0 fully saturated rings. The van der Waals surface area contributed by atoms with Gasteiger partial charge in [0, 0.05) is 12.1 Å². The minimum absolute atomic E-state index is 0.178. The van der Waals surface area contributed by atoms with Crippen molar-refractivity contribution in [2.45, 2.75) is 12.8 Å². The Hall–Kier alpha value is -1.42. The minimum atomic E-state index is -0.352. The first-order chi connectivity index (χ1) is 7.09. The summed E-state index contributed by atoms with van der Waals surface area (Å²) < 4.78 is 0. The summed E-state index contributed by atoms with van der Waals surface area (Å²) in [5.41, 5.74) is 1.21. The van der Waals surface area contributed by atoms with Crippen LogP contribution in [-0.2, 0) is 6.42 Å². The summed E-state index contributed by atoms with van der Waals surface area (Å²) in [6, 6.07) is 6.84. The van der Waals surface area contributed by atoms with Crippen molar-refractivity contribution in [3.8, 4) is 0 Å². The molecule has 1 aromatic rings. The fraction of sp³-hybridized carbons (Fsp3) is 0.455. The second-order valence-electron chi connectivity index (χ2n) is 3.83. The van der Waals surface area contributed by atoms with E-state index in [-0.39, 0.29) is 10.6 Å². The Kier molecular flexibility index (Phi) is 4.24. The molecule has 0 amide bonds. The second kappa shape index (κ2) is 5.46. The number of nitro benzene ring substituents is 1. The molecule has 0 radical (unpaired) electrons. The minimum Gasteiger partial charge on any atom is -0.309 e. The first kappa shape index (κ1) is 11.7. The summed E-state index contributed by atoms with van der Waals surface area (Å²) in [5.74, 6) is 0. The van der Waals surface area contributed by atoms with Crippen molar-refractivity contribution in [2.75, 3.05) is 20.6 Å². The highest BCUT2D eigenvalue weighted by molar-refractivity contribution is 5.34.